The van der Waals surface area contributed by atoms with Gasteiger partial charge in [-0.2, -0.15) is 0 Å². The van der Waals surface area contributed by atoms with Gasteiger partial charge in [-0.3, -0.25) is 0 Å². The Morgan fingerprint density at radius 3 is 2.82 bits per heavy atom. The molecule has 1 N–H and O–H groups in total. The van der Waals surface area contributed by atoms with E-state index in [4.69, 9.17) is 0 Å². The first-order valence-electron chi connectivity index (χ1n) is 5.97. The van der Waals surface area contributed by atoms with Crippen LogP contribution in [0.1, 0.15) is 42.1 Å². The molecular formula is C13H18N2S2. The van der Waals surface area contributed by atoms with Crippen molar-refractivity contribution in [2.75, 3.05) is 6.54 Å². The highest BCUT2D eigenvalue weighted by molar-refractivity contribution is 7.10. The van der Waals surface area contributed by atoms with Gasteiger partial charge in [0.05, 0.1) is 5.01 Å². The third-order valence-corrected chi connectivity index (χ3v) is 4.83. The molecule has 2 aromatic rings. The summed E-state index contributed by atoms with van der Waals surface area (Å²) in [5, 5.41) is 9.04. The van der Waals surface area contributed by atoms with Crippen molar-refractivity contribution in [1.82, 2.24) is 10.3 Å². The molecule has 0 saturated carbocycles. The minimum absolute atomic E-state index is 0.484. The third-order valence-electron chi connectivity index (χ3n) is 2.84. The molecule has 2 nitrogen and oxygen atoms in total. The largest absolute Gasteiger partial charge is 0.309 e. The topological polar surface area (TPSA) is 24.9 Å². The lowest BCUT2D eigenvalue weighted by Crippen LogP contribution is -2.24. The molecule has 92 valence electrons. The summed E-state index contributed by atoms with van der Waals surface area (Å²) in [6, 6.07) is 4.81. The molecule has 0 aromatic carbocycles. The van der Waals surface area contributed by atoms with Crippen LogP contribution in [0.5, 0.6) is 0 Å². The zero-order valence-corrected chi connectivity index (χ0v) is 11.9. The highest BCUT2D eigenvalue weighted by Crippen LogP contribution is 2.23. The van der Waals surface area contributed by atoms with Crippen LogP contribution in [0.4, 0.5) is 0 Å². The van der Waals surface area contributed by atoms with E-state index >= 15 is 0 Å². The van der Waals surface area contributed by atoms with Gasteiger partial charge in [0.1, 0.15) is 0 Å². The van der Waals surface area contributed by atoms with E-state index in [2.05, 4.69) is 41.7 Å². The third kappa shape index (κ3) is 3.37. The van der Waals surface area contributed by atoms with E-state index < -0.39 is 0 Å². The Morgan fingerprint density at radius 2 is 2.24 bits per heavy atom. The average molecular weight is 266 g/mol. The van der Waals surface area contributed by atoms with Crippen LogP contribution >= 0.6 is 22.7 Å². The molecule has 0 aliphatic heterocycles. The van der Waals surface area contributed by atoms with Gasteiger partial charge in [0.15, 0.2) is 0 Å². The summed E-state index contributed by atoms with van der Waals surface area (Å²) in [5.41, 5.74) is 0. The van der Waals surface area contributed by atoms with E-state index in [-0.39, 0.29) is 0 Å². The molecule has 0 amide bonds. The van der Waals surface area contributed by atoms with Gasteiger partial charge in [0.2, 0.25) is 0 Å². The van der Waals surface area contributed by atoms with Crippen LogP contribution in [-0.4, -0.2) is 11.5 Å². The second-order valence-corrected chi connectivity index (χ2v) is 6.06. The molecule has 2 heterocycles. The highest BCUT2D eigenvalue weighted by atomic mass is 32.1. The smallest absolute Gasteiger partial charge is 0.0965 e. The monoisotopic (exact) mass is 266 g/mol. The molecule has 0 aliphatic carbocycles. The molecule has 17 heavy (non-hydrogen) atoms. The first kappa shape index (κ1) is 12.7. The van der Waals surface area contributed by atoms with Crippen LogP contribution < -0.4 is 5.32 Å². The quantitative estimate of drug-likeness (QED) is 0.853. The fourth-order valence-electron chi connectivity index (χ4n) is 1.82. The second kappa shape index (κ2) is 6.28. The lowest BCUT2D eigenvalue weighted by molar-refractivity contribution is 0.500. The zero-order chi connectivity index (χ0) is 12.1. The van der Waals surface area contributed by atoms with E-state index in [0.29, 0.717) is 12.0 Å². The minimum Gasteiger partial charge on any atom is -0.309 e. The maximum atomic E-state index is 4.36. The number of rotatable bonds is 6. The summed E-state index contributed by atoms with van der Waals surface area (Å²) in [4.78, 5) is 5.79. The molecular weight excluding hydrogens is 248 g/mol. The Morgan fingerprint density at radius 1 is 1.35 bits per heavy atom. The summed E-state index contributed by atoms with van der Waals surface area (Å²) in [6.07, 6.45) is 3.01. The highest BCUT2D eigenvalue weighted by Gasteiger charge is 2.13. The zero-order valence-electron chi connectivity index (χ0n) is 10.2. The maximum Gasteiger partial charge on any atom is 0.0965 e. The molecule has 0 aliphatic rings. The fourth-order valence-corrected chi connectivity index (χ4v) is 3.40. The Balaban J connectivity index is 1.88. The molecule has 0 fully saturated rings. The van der Waals surface area contributed by atoms with E-state index in [9.17, 15) is 0 Å². The SMILES string of the molecule is CCC(NCC(C)c1nccs1)c1cccs1. The second-order valence-electron chi connectivity index (χ2n) is 4.16. The van der Waals surface area contributed by atoms with E-state index in [1.54, 1.807) is 11.3 Å². The van der Waals surface area contributed by atoms with Crippen molar-refractivity contribution in [1.29, 1.82) is 0 Å². The predicted molar refractivity (Wildman–Crippen MR) is 75.9 cm³/mol. The van der Waals surface area contributed by atoms with Crippen LogP contribution in [0.3, 0.4) is 0 Å². The molecule has 0 bridgehead atoms. The van der Waals surface area contributed by atoms with Gasteiger partial charge in [0.25, 0.3) is 0 Å². The van der Waals surface area contributed by atoms with Crippen molar-refractivity contribution in [3.05, 3.63) is 39.0 Å². The van der Waals surface area contributed by atoms with Crippen molar-refractivity contribution in [3.63, 3.8) is 0 Å². The Labute approximate surface area is 111 Å². The van der Waals surface area contributed by atoms with E-state index in [1.165, 1.54) is 9.88 Å². The number of aromatic nitrogens is 1. The summed E-state index contributed by atoms with van der Waals surface area (Å²) in [5.74, 6) is 0.490. The lowest BCUT2D eigenvalue weighted by Gasteiger charge is -2.17. The van der Waals surface area contributed by atoms with Crippen LogP contribution in [-0.2, 0) is 0 Å². The number of thiazole rings is 1. The Kier molecular flexibility index (Phi) is 4.71. The number of hydrogen-bond acceptors (Lipinski definition) is 4. The molecule has 2 atom stereocenters. The number of hydrogen-bond donors (Lipinski definition) is 1. The molecule has 2 aromatic heterocycles. The minimum atomic E-state index is 0.484. The van der Waals surface area contributed by atoms with Crippen LogP contribution in [0.15, 0.2) is 29.1 Å². The van der Waals surface area contributed by atoms with E-state index in [0.717, 1.165) is 13.0 Å². The van der Waals surface area contributed by atoms with Crippen molar-refractivity contribution in [3.8, 4) is 0 Å². The number of nitrogens with one attached hydrogen (secondary N) is 1. The Hall–Kier alpha value is -0.710. The van der Waals surface area contributed by atoms with Crippen LogP contribution in [0.25, 0.3) is 0 Å². The molecule has 0 radical (unpaired) electrons. The van der Waals surface area contributed by atoms with Gasteiger partial charge in [0, 0.05) is 35.0 Å². The van der Waals surface area contributed by atoms with Gasteiger partial charge >= 0.3 is 0 Å². The van der Waals surface area contributed by atoms with Crippen LogP contribution in [0.2, 0.25) is 0 Å². The molecule has 0 saturated heterocycles. The van der Waals surface area contributed by atoms with Gasteiger partial charge in [-0.1, -0.05) is 19.9 Å². The normalized spacial score (nSPS) is 14.7. The molecule has 2 unspecified atom stereocenters. The number of nitrogens with zero attached hydrogens (tertiary/aromatic N) is 1. The first-order chi connectivity index (χ1) is 8.31. The summed E-state index contributed by atoms with van der Waals surface area (Å²) in [6.45, 7) is 5.45. The maximum absolute atomic E-state index is 4.36. The van der Waals surface area contributed by atoms with Gasteiger partial charge in [-0.05, 0) is 17.9 Å². The average Bonchev–Trinajstić information content (AvgIpc) is 3.02. The van der Waals surface area contributed by atoms with Gasteiger partial charge in [-0.15, -0.1) is 22.7 Å². The Bertz CT molecular complexity index is 409. The fraction of sp³-hybridized carbons (Fsp3) is 0.462. The van der Waals surface area contributed by atoms with Crippen molar-refractivity contribution < 1.29 is 0 Å². The van der Waals surface area contributed by atoms with Gasteiger partial charge in [-0.25, -0.2) is 4.98 Å². The van der Waals surface area contributed by atoms with Crippen molar-refractivity contribution in [2.45, 2.75) is 32.2 Å². The summed E-state index contributed by atoms with van der Waals surface area (Å²) < 4.78 is 0. The lowest BCUT2D eigenvalue weighted by atomic mass is 10.1. The van der Waals surface area contributed by atoms with Crippen LogP contribution in [0, 0.1) is 0 Å². The summed E-state index contributed by atoms with van der Waals surface area (Å²) in [7, 11) is 0. The number of thiophene rings is 1. The molecule has 2 rings (SSSR count). The molecule has 0 spiro atoms. The molecule has 4 heteroatoms. The predicted octanol–water partition coefficient (Wildman–Crippen LogP) is 4.05. The van der Waals surface area contributed by atoms with Gasteiger partial charge < -0.3 is 5.32 Å². The summed E-state index contributed by atoms with van der Waals surface area (Å²) >= 11 is 3.57. The van der Waals surface area contributed by atoms with E-state index in [1.807, 2.05) is 22.9 Å². The first-order valence-corrected chi connectivity index (χ1v) is 7.73. The standard InChI is InChI=1S/C13H18N2S2/c1-3-11(12-5-4-7-16-12)15-9-10(2)13-14-6-8-17-13/h4-8,10-11,15H,3,9H2,1-2H3. The van der Waals surface area contributed by atoms with Crippen molar-refractivity contribution in [2.24, 2.45) is 0 Å². The van der Waals surface area contributed by atoms with Crippen molar-refractivity contribution >= 4 is 22.7 Å².